The Bertz CT molecular complexity index is 1310. The molecule has 0 bridgehead atoms. The number of ether oxygens (including phenoxy) is 2. The van der Waals surface area contributed by atoms with Crippen molar-refractivity contribution in [2.75, 3.05) is 7.11 Å². The van der Waals surface area contributed by atoms with Crippen LogP contribution in [0.25, 0.3) is 0 Å². The van der Waals surface area contributed by atoms with Crippen LogP contribution in [0.4, 0.5) is 0 Å². The van der Waals surface area contributed by atoms with Gasteiger partial charge in [0.2, 0.25) is 0 Å². The average molecular weight is 561 g/mol. The number of hydrogen-bond acceptors (Lipinski definition) is 3. The zero-order valence-corrected chi connectivity index (χ0v) is 24.1. The van der Waals surface area contributed by atoms with Crippen LogP contribution in [0, 0.1) is 19.1 Å². The van der Waals surface area contributed by atoms with Gasteiger partial charge in [0.15, 0.2) is 0 Å². The fraction of sp³-hybridized carbons (Fsp3) is 0.121. The Hall–Kier alpha value is -3.27. The van der Waals surface area contributed by atoms with Crippen LogP contribution in [0.2, 0.25) is 0 Å². The molecule has 0 aliphatic carbocycles. The van der Waals surface area contributed by atoms with E-state index in [9.17, 15) is 0 Å². The Morgan fingerprint density at radius 3 is 1.62 bits per heavy atom. The first-order valence-corrected chi connectivity index (χ1v) is 11.9. The molecule has 0 atom stereocenters. The fourth-order valence-electron chi connectivity index (χ4n) is 3.57. The molecule has 1 heterocycles. The third kappa shape index (κ3) is 9.61. The zero-order valence-electron chi connectivity index (χ0n) is 21.2. The Morgan fingerprint density at radius 2 is 1.11 bits per heavy atom. The van der Waals surface area contributed by atoms with Gasteiger partial charge in [-0.15, -0.1) is 12.1 Å². The summed E-state index contributed by atoms with van der Waals surface area (Å²) in [4.78, 5) is 4.63. The molecule has 183 valence electrons. The number of aryl methyl sites for hydroxylation is 1. The van der Waals surface area contributed by atoms with Crippen molar-refractivity contribution in [3.05, 3.63) is 155 Å². The molecule has 4 aromatic carbocycles. The van der Waals surface area contributed by atoms with E-state index in [2.05, 4.69) is 60.4 Å². The first kappa shape index (κ1) is 28.3. The second kappa shape index (κ2) is 15.1. The van der Waals surface area contributed by atoms with E-state index in [-0.39, 0.29) is 32.7 Å². The summed E-state index contributed by atoms with van der Waals surface area (Å²) in [6.07, 6.45) is 3.62. The van der Waals surface area contributed by atoms with Crippen molar-refractivity contribution < 1.29 is 42.2 Å². The molecule has 5 aromatic rings. The van der Waals surface area contributed by atoms with Gasteiger partial charge in [0.1, 0.15) is 11.5 Å². The molecule has 0 aliphatic rings. The van der Waals surface area contributed by atoms with Crippen LogP contribution in [-0.4, -0.2) is 12.1 Å². The van der Waals surface area contributed by atoms with Gasteiger partial charge in [0, 0.05) is 56.8 Å². The van der Waals surface area contributed by atoms with E-state index in [4.69, 9.17) is 9.47 Å². The third-order valence-electron chi connectivity index (χ3n) is 5.57. The van der Waals surface area contributed by atoms with Crippen LogP contribution in [0.5, 0.6) is 17.2 Å². The van der Waals surface area contributed by atoms with Crippen LogP contribution in [0.3, 0.4) is 0 Å². The largest absolute Gasteiger partial charge is 0.497 e. The molecule has 4 heteroatoms. The summed E-state index contributed by atoms with van der Waals surface area (Å²) in [6, 6.07) is 41.8. The summed E-state index contributed by atoms with van der Waals surface area (Å²) in [6.45, 7) is 2.06. The van der Waals surface area contributed by atoms with Crippen LogP contribution >= 0.6 is 0 Å². The smallest absolute Gasteiger partial charge is 0.124 e. The number of pyridine rings is 1. The molecule has 0 aliphatic heterocycles. The molecule has 0 fully saturated rings. The molecule has 3 nitrogen and oxygen atoms in total. The van der Waals surface area contributed by atoms with E-state index in [1.807, 2.05) is 79.0 Å². The Balaban J connectivity index is 0.000000413. The molecule has 0 N–H and O–H groups in total. The number of nitrogens with zero attached hydrogens (tertiary/aromatic N) is 1. The first-order valence-electron chi connectivity index (χ1n) is 11.9. The maximum absolute atomic E-state index is 5.83. The molecule has 0 unspecified atom stereocenters. The van der Waals surface area contributed by atoms with Crippen molar-refractivity contribution in [3.8, 4) is 17.2 Å². The van der Waals surface area contributed by atoms with Crippen LogP contribution < -0.4 is 9.47 Å². The second-order valence-corrected chi connectivity index (χ2v) is 8.42. The summed E-state index contributed by atoms with van der Waals surface area (Å²) in [7, 11) is 1.68. The normalized spacial score (nSPS) is 9.89. The summed E-state index contributed by atoms with van der Waals surface area (Å²) in [5, 5.41) is 0. The van der Waals surface area contributed by atoms with Gasteiger partial charge in [-0.2, -0.15) is 54.1 Å². The summed E-state index contributed by atoms with van der Waals surface area (Å²) in [5.41, 5.74) is 5.98. The minimum Gasteiger partial charge on any atom is -0.497 e. The molecule has 5 rings (SSSR count). The number of rotatable bonds is 7. The molecule has 1 aromatic heterocycles. The summed E-state index contributed by atoms with van der Waals surface area (Å²) in [5.74, 6) is 2.51. The van der Waals surface area contributed by atoms with E-state index in [1.165, 1.54) is 22.3 Å². The summed E-state index contributed by atoms with van der Waals surface area (Å²) >= 11 is 0. The maximum atomic E-state index is 5.83. The van der Waals surface area contributed by atoms with Crippen molar-refractivity contribution in [2.45, 2.75) is 19.8 Å². The van der Waals surface area contributed by atoms with Crippen molar-refractivity contribution in [3.63, 3.8) is 0 Å². The topological polar surface area (TPSA) is 31.4 Å². The van der Waals surface area contributed by atoms with Crippen LogP contribution in [0.15, 0.2) is 115 Å². The molecule has 0 saturated heterocycles. The minimum atomic E-state index is 0. The number of aromatic nitrogens is 1. The van der Waals surface area contributed by atoms with E-state index < -0.39 is 0 Å². The third-order valence-corrected chi connectivity index (χ3v) is 5.57. The molecule has 1 radical (unpaired) electrons. The van der Waals surface area contributed by atoms with Gasteiger partial charge < -0.3 is 9.47 Å². The van der Waals surface area contributed by atoms with Gasteiger partial charge in [-0.05, 0) is 53.4 Å². The Morgan fingerprint density at radius 1 is 0.595 bits per heavy atom. The molecular formula is C33H29NO2Y-2. The van der Waals surface area contributed by atoms with E-state index in [1.54, 1.807) is 7.11 Å². The van der Waals surface area contributed by atoms with Gasteiger partial charge in [0.25, 0.3) is 0 Å². The van der Waals surface area contributed by atoms with Crippen molar-refractivity contribution in [1.82, 2.24) is 4.98 Å². The molecule has 0 saturated carbocycles. The Kier molecular flexibility index (Phi) is 11.5. The quantitative estimate of drug-likeness (QED) is 0.192. The molecule has 0 spiro atoms. The van der Waals surface area contributed by atoms with Gasteiger partial charge in [-0.3, -0.25) is 4.98 Å². The van der Waals surface area contributed by atoms with Gasteiger partial charge in [0.05, 0.1) is 7.11 Å². The SMILES string of the molecule is COc1ccc(Cc2ccc(Cc3ccc(Oc4cc[c-]cc4)cc3)nc2)cc1.Cc1cc[c-]cc1.[Y]. The van der Waals surface area contributed by atoms with Crippen molar-refractivity contribution in [1.29, 1.82) is 0 Å². The number of hydrogen-bond donors (Lipinski definition) is 0. The molecular weight excluding hydrogens is 531 g/mol. The number of methoxy groups -OCH3 is 1. The fourth-order valence-corrected chi connectivity index (χ4v) is 3.57. The standard InChI is InChI=1S/C26H22NO2.C7H7.Y/c1-28-24-13-8-20(9-14-24)17-22-7-12-23(27-19-22)18-21-10-15-26(16-11-21)29-25-5-3-2-4-6-25;1-7-5-3-2-4-6-7;/h3-16,19H,17-18H2,1H3;3-6H,1H3;/q2*-1;. The average Bonchev–Trinajstić information content (AvgIpc) is 2.93. The van der Waals surface area contributed by atoms with Crippen molar-refractivity contribution >= 4 is 0 Å². The predicted molar refractivity (Wildman–Crippen MR) is 145 cm³/mol. The first-order chi connectivity index (χ1) is 17.7. The van der Waals surface area contributed by atoms with Crippen LogP contribution in [-0.2, 0) is 45.6 Å². The minimum absolute atomic E-state index is 0. The van der Waals surface area contributed by atoms with Gasteiger partial charge >= 0.3 is 0 Å². The van der Waals surface area contributed by atoms with Crippen molar-refractivity contribution in [2.24, 2.45) is 0 Å². The van der Waals surface area contributed by atoms with Gasteiger partial charge in [-0.1, -0.05) is 37.3 Å². The molecule has 0 amide bonds. The predicted octanol–water partition coefficient (Wildman–Crippen LogP) is 7.66. The summed E-state index contributed by atoms with van der Waals surface area (Å²) < 4.78 is 11.0. The Labute approximate surface area is 245 Å². The maximum Gasteiger partial charge on any atom is 0.124 e. The molecule has 37 heavy (non-hydrogen) atoms. The van der Waals surface area contributed by atoms with E-state index >= 15 is 0 Å². The van der Waals surface area contributed by atoms with E-state index in [0.29, 0.717) is 0 Å². The van der Waals surface area contributed by atoms with E-state index in [0.717, 1.165) is 35.8 Å². The zero-order chi connectivity index (χ0) is 25.0. The van der Waals surface area contributed by atoms with Gasteiger partial charge in [-0.25, -0.2) is 0 Å². The second-order valence-electron chi connectivity index (χ2n) is 8.42. The van der Waals surface area contributed by atoms with Crippen LogP contribution in [0.1, 0.15) is 27.9 Å². The number of benzene rings is 4. The monoisotopic (exact) mass is 560 g/mol.